The molecule has 0 saturated carbocycles. The van der Waals surface area contributed by atoms with Crippen molar-refractivity contribution in [1.29, 1.82) is 0 Å². The van der Waals surface area contributed by atoms with E-state index < -0.39 is 0 Å². The summed E-state index contributed by atoms with van der Waals surface area (Å²) in [5.41, 5.74) is 0.629. The van der Waals surface area contributed by atoms with Gasteiger partial charge < -0.3 is 10.6 Å². The van der Waals surface area contributed by atoms with E-state index >= 15 is 0 Å². The van der Waals surface area contributed by atoms with Crippen LogP contribution in [0.1, 0.15) is 23.3 Å². The molecule has 2 heterocycles. The molecule has 1 saturated heterocycles. The average molecular weight is 376 g/mol. The maximum absolute atomic E-state index is 13.5. The monoisotopic (exact) mass is 375 g/mol. The number of nitrogens with one attached hydrogen (secondary N) is 2. The van der Waals surface area contributed by atoms with Crippen molar-refractivity contribution in [2.75, 3.05) is 26.2 Å². The molecule has 26 heavy (non-hydrogen) atoms. The number of carbonyl (C=O) groups is 1. The van der Waals surface area contributed by atoms with Crippen molar-refractivity contribution in [3.05, 3.63) is 58.0 Å². The van der Waals surface area contributed by atoms with Crippen LogP contribution in [-0.2, 0) is 13.0 Å². The van der Waals surface area contributed by atoms with E-state index in [2.05, 4.69) is 33.0 Å². The van der Waals surface area contributed by atoms with Crippen molar-refractivity contribution in [2.45, 2.75) is 25.8 Å². The minimum Gasteiger partial charge on any atom is -0.338 e. The summed E-state index contributed by atoms with van der Waals surface area (Å²) in [4.78, 5) is 15.8. The molecule has 0 radical (unpaired) electrons. The Bertz CT molecular complexity index is 692. The molecule has 140 valence electrons. The predicted octanol–water partition coefficient (Wildman–Crippen LogP) is 3.64. The highest BCUT2D eigenvalue weighted by Gasteiger charge is 2.20. The van der Waals surface area contributed by atoms with Gasteiger partial charge in [0.05, 0.1) is 0 Å². The molecule has 0 spiro atoms. The minimum absolute atomic E-state index is 0.170. The molecular weight excluding hydrogens is 349 g/mol. The Morgan fingerprint density at radius 1 is 1.23 bits per heavy atom. The number of nitrogens with zero attached hydrogens (tertiary/aromatic N) is 1. The second kappa shape index (κ2) is 9.69. The zero-order valence-corrected chi connectivity index (χ0v) is 15.7. The number of benzene rings is 1. The number of likely N-dealkylation sites (tertiary alicyclic amines) is 1. The van der Waals surface area contributed by atoms with Gasteiger partial charge in [-0.2, -0.15) is 0 Å². The van der Waals surface area contributed by atoms with Crippen LogP contribution in [0.3, 0.4) is 0 Å². The Kier molecular flexibility index (Phi) is 7.03. The molecule has 1 aliphatic heterocycles. The summed E-state index contributed by atoms with van der Waals surface area (Å²) < 4.78 is 13.5. The first-order valence-corrected chi connectivity index (χ1v) is 10.1. The third-order valence-electron chi connectivity index (χ3n) is 4.75. The lowest BCUT2D eigenvalue weighted by atomic mass is 9.98. The average Bonchev–Trinajstić information content (AvgIpc) is 3.15. The summed E-state index contributed by atoms with van der Waals surface area (Å²) in [6, 6.07) is 10.8. The Hall–Kier alpha value is -1.92. The lowest BCUT2D eigenvalue weighted by Gasteiger charge is -2.32. The molecule has 1 aromatic carbocycles. The quantitative estimate of drug-likeness (QED) is 0.776. The highest BCUT2D eigenvalue weighted by atomic mass is 32.1. The fourth-order valence-corrected chi connectivity index (χ4v) is 4.14. The number of amides is 2. The topological polar surface area (TPSA) is 44.4 Å². The van der Waals surface area contributed by atoms with Gasteiger partial charge in [-0.25, -0.2) is 9.18 Å². The van der Waals surface area contributed by atoms with Crippen LogP contribution in [0.25, 0.3) is 0 Å². The standard InChI is InChI=1S/C20H26FN3OS/c21-19-8-2-1-6-17(19)9-10-22-20(25)23-13-16-5-3-11-24(14-16)15-18-7-4-12-26-18/h1-2,4,6-8,12,16H,3,5,9-11,13-15H2,(H2,22,23,25). The van der Waals surface area contributed by atoms with Crippen LogP contribution in [-0.4, -0.2) is 37.1 Å². The summed E-state index contributed by atoms with van der Waals surface area (Å²) >= 11 is 1.80. The van der Waals surface area contributed by atoms with E-state index in [0.717, 1.165) is 26.1 Å². The Morgan fingerprint density at radius 3 is 2.92 bits per heavy atom. The summed E-state index contributed by atoms with van der Waals surface area (Å²) in [6.07, 6.45) is 2.82. The number of urea groups is 1. The summed E-state index contributed by atoms with van der Waals surface area (Å²) in [6.45, 7) is 4.27. The van der Waals surface area contributed by atoms with Gasteiger partial charge in [-0.1, -0.05) is 24.3 Å². The Morgan fingerprint density at radius 2 is 2.12 bits per heavy atom. The van der Waals surface area contributed by atoms with E-state index in [4.69, 9.17) is 0 Å². The number of piperidine rings is 1. The molecule has 1 unspecified atom stereocenters. The number of rotatable bonds is 7. The third-order valence-corrected chi connectivity index (χ3v) is 5.61. The largest absolute Gasteiger partial charge is 0.338 e. The number of hydrogen-bond donors (Lipinski definition) is 2. The van der Waals surface area contributed by atoms with Gasteiger partial charge in [-0.3, -0.25) is 4.90 Å². The smallest absolute Gasteiger partial charge is 0.314 e. The SMILES string of the molecule is O=C(NCCc1ccccc1F)NCC1CCCN(Cc2cccs2)C1. The third kappa shape index (κ3) is 5.81. The number of carbonyl (C=O) groups excluding carboxylic acids is 1. The minimum atomic E-state index is -0.220. The molecule has 3 rings (SSSR count). The molecule has 6 heteroatoms. The zero-order chi connectivity index (χ0) is 18.2. The molecule has 2 amide bonds. The Labute approximate surface area is 158 Å². The molecule has 1 atom stereocenters. The number of hydrogen-bond acceptors (Lipinski definition) is 3. The molecule has 2 N–H and O–H groups in total. The maximum Gasteiger partial charge on any atom is 0.314 e. The van der Waals surface area contributed by atoms with E-state index in [1.807, 2.05) is 6.07 Å². The van der Waals surface area contributed by atoms with Gasteiger partial charge in [-0.15, -0.1) is 11.3 Å². The first-order valence-electron chi connectivity index (χ1n) is 9.20. The van der Waals surface area contributed by atoms with Crippen LogP contribution in [0, 0.1) is 11.7 Å². The first-order chi connectivity index (χ1) is 12.7. The van der Waals surface area contributed by atoms with Crippen LogP contribution < -0.4 is 10.6 Å². The molecule has 2 aromatic rings. The zero-order valence-electron chi connectivity index (χ0n) is 14.9. The fraction of sp³-hybridized carbons (Fsp3) is 0.450. The van der Waals surface area contributed by atoms with Crippen molar-refractivity contribution in [3.8, 4) is 0 Å². The van der Waals surface area contributed by atoms with E-state index in [1.165, 1.54) is 17.4 Å². The van der Waals surface area contributed by atoms with Gasteiger partial charge >= 0.3 is 6.03 Å². The molecule has 0 bridgehead atoms. The van der Waals surface area contributed by atoms with Gasteiger partial charge in [0.25, 0.3) is 0 Å². The fourth-order valence-electron chi connectivity index (χ4n) is 3.40. The van der Waals surface area contributed by atoms with Crippen LogP contribution in [0.4, 0.5) is 9.18 Å². The molecule has 1 aromatic heterocycles. The van der Waals surface area contributed by atoms with Crippen LogP contribution in [0.5, 0.6) is 0 Å². The van der Waals surface area contributed by atoms with Crippen molar-refractivity contribution in [1.82, 2.24) is 15.5 Å². The van der Waals surface area contributed by atoms with E-state index in [9.17, 15) is 9.18 Å². The van der Waals surface area contributed by atoms with Gasteiger partial charge in [0.2, 0.25) is 0 Å². The molecular formula is C20H26FN3OS. The van der Waals surface area contributed by atoms with Gasteiger partial charge in [0.1, 0.15) is 5.82 Å². The first kappa shape index (κ1) is 18.9. The van der Waals surface area contributed by atoms with Crippen LogP contribution in [0.2, 0.25) is 0 Å². The molecule has 4 nitrogen and oxygen atoms in total. The second-order valence-electron chi connectivity index (χ2n) is 6.80. The summed E-state index contributed by atoms with van der Waals surface area (Å²) in [5.74, 6) is 0.267. The number of thiophene rings is 1. The Balaban J connectivity index is 1.34. The van der Waals surface area contributed by atoms with E-state index in [0.29, 0.717) is 31.0 Å². The lowest BCUT2D eigenvalue weighted by Crippen LogP contribution is -2.43. The van der Waals surface area contributed by atoms with E-state index in [-0.39, 0.29) is 11.8 Å². The van der Waals surface area contributed by atoms with Gasteiger partial charge in [0, 0.05) is 31.1 Å². The van der Waals surface area contributed by atoms with Crippen molar-refractivity contribution >= 4 is 17.4 Å². The summed E-state index contributed by atoms with van der Waals surface area (Å²) in [5, 5.41) is 7.90. The van der Waals surface area contributed by atoms with Crippen molar-refractivity contribution in [2.24, 2.45) is 5.92 Å². The predicted molar refractivity (Wildman–Crippen MR) is 104 cm³/mol. The van der Waals surface area contributed by atoms with Crippen LogP contribution in [0.15, 0.2) is 41.8 Å². The van der Waals surface area contributed by atoms with E-state index in [1.54, 1.807) is 23.5 Å². The van der Waals surface area contributed by atoms with Gasteiger partial charge in [0.15, 0.2) is 0 Å². The number of halogens is 1. The normalized spacial score (nSPS) is 17.8. The lowest BCUT2D eigenvalue weighted by molar-refractivity contribution is 0.166. The molecule has 1 aliphatic rings. The highest BCUT2D eigenvalue weighted by molar-refractivity contribution is 7.09. The van der Waals surface area contributed by atoms with Crippen molar-refractivity contribution in [3.63, 3.8) is 0 Å². The van der Waals surface area contributed by atoms with Gasteiger partial charge in [-0.05, 0) is 54.8 Å². The van der Waals surface area contributed by atoms with Crippen LogP contribution >= 0.6 is 11.3 Å². The highest BCUT2D eigenvalue weighted by Crippen LogP contribution is 2.19. The summed E-state index contributed by atoms with van der Waals surface area (Å²) in [7, 11) is 0. The van der Waals surface area contributed by atoms with Crippen molar-refractivity contribution < 1.29 is 9.18 Å². The molecule has 0 aliphatic carbocycles. The maximum atomic E-state index is 13.5. The second-order valence-corrected chi connectivity index (χ2v) is 7.83. The molecule has 1 fully saturated rings.